The summed E-state index contributed by atoms with van der Waals surface area (Å²) < 4.78 is 38.6. The minimum Gasteiger partial charge on any atom is -0.493 e. The van der Waals surface area contributed by atoms with E-state index in [0.29, 0.717) is 29.4 Å². The van der Waals surface area contributed by atoms with Gasteiger partial charge in [-0.3, -0.25) is 4.79 Å². The van der Waals surface area contributed by atoms with Crippen LogP contribution in [0.5, 0.6) is 5.75 Å². The van der Waals surface area contributed by atoms with Crippen LogP contribution in [-0.2, 0) is 16.6 Å². The molecule has 1 heterocycles. The Morgan fingerprint density at radius 2 is 1.90 bits per heavy atom. The molecule has 0 unspecified atom stereocenters. The van der Waals surface area contributed by atoms with Crippen molar-refractivity contribution in [2.24, 2.45) is 0 Å². The molecule has 0 aliphatic heterocycles. The van der Waals surface area contributed by atoms with Crippen molar-refractivity contribution in [3.8, 4) is 5.75 Å². The van der Waals surface area contributed by atoms with Crippen LogP contribution < -0.4 is 14.8 Å². The molecule has 1 amide bonds. The molecular weight excluding hydrogens is 460 g/mol. The zero-order valence-corrected chi connectivity index (χ0v) is 17.9. The van der Waals surface area contributed by atoms with Crippen LogP contribution in [-0.4, -0.2) is 20.9 Å². The summed E-state index contributed by atoms with van der Waals surface area (Å²) >= 11 is 3.35. The first-order valence-electron chi connectivity index (χ1n) is 8.75. The van der Waals surface area contributed by atoms with E-state index in [1.165, 1.54) is 30.5 Å². The summed E-state index contributed by atoms with van der Waals surface area (Å²) in [6.07, 6.45) is 1.48. The van der Waals surface area contributed by atoms with Crippen LogP contribution >= 0.6 is 15.9 Å². The summed E-state index contributed by atoms with van der Waals surface area (Å²) in [5.74, 6) is 0.618. The highest BCUT2D eigenvalue weighted by atomic mass is 79.9. The molecule has 0 radical (unpaired) electrons. The number of sulfonamides is 1. The third-order valence-electron chi connectivity index (χ3n) is 3.93. The van der Waals surface area contributed by atoms with Gasteiger partial charge in [-0.1, -0.05) is 15.9 Å². The summed E-state index contributed by atoms with van der Waals surface area (Å²) in [6, 6.07) is 14.4. The topological polar surface area (TPSA) is 97.6 Å². The number of carbonyl (C=O) groups is 1. The Morgan fingerprint density at radius 1 is 1.14 bits per heavy atom. The van der Waals surface area contributed by atoms with Crippen molar-refractivity contribution in [2.45, 2.75) is 18.4 Å². The average molecular weight is 479 g/mol. The van der Waals surface area contributed by atoms with E-state index in [9.17, 15) is 13.2 Å². The van der Waals surface area contributed by atoms with Crippen molar-refractivity contribution < 1.29 is 22.4 Å². The van der Waals surface area contributed by atoms with Crippen molar-refractivity contribution >= 4 is 37.5 Å². The number of halogens is 1. The van der Waals surface area contributed by atoms with Crippen LogP contribution in [0.2, 0.25) is 0 Å². The fourth-order valence-corrected chi connectivity index (χ4v) is 3.89. The molecule has 0 bridgehead atoms. The predicted molar refractivity (Wildman–Crippen MR) is 112 cm³/mol. The Bertz CT molecular complexity index is 1080. The molecule has 9 heteroatoms. The SMILES string of the molecule is CCOc1ccc(Br)cc1C(=O)Nc1ccc(S(=O)(=O)NCc2ccco2)cc1. The third kappa shape index (κ3) is 5.47. The van der Waals surface area contributed by atoms with Gasteiger partial charge in [0.1, 0.15) is 11.5 Å². The fraction of sp³-hybridized carbons (Fsp3) is 0.150. The van der Waals surface area contributed by atoms with Gasteiger partial charge in [0.05, 0.1) is 29.9 Å². The second-order valence-corrected chi connectivity index (χ2v) is 8.64. The molecule has 0 spiro atoms. The van der Waals surface area contributed by atoms with Crippen molar-refractivity contribution in [1.82, 2.24) is 4.72 Å². The maximum absolute atomic E-state index is 12.6. The minimum atomic E-state index is -3.70. The van der Waals surface area contributed by atoms with Gasteiger partial charge in [0.15, 0.2) is 0 Å². The second-order valence-electron chi connectivity index (χ2n) is 5.96. The number of anilines is 1. The average Bonchev–Trinajstić information content (AvgIpc) is 3.22. The van der Waals surface area contributed by atoms with Crippen LogP contribution in [0.25, 0.3) is 0 Å². The molecule has 1 aromatic heterocycles. The lowest BCUT2D eigenvalue weighted by atomic mass is 10.2. The molecule has 0 fully saturated rings. The van der Waals surface area contributed by atoms with Crippen LogP contribution in [0.3, 0.4) is 0 Å². The number of amides is 1. The van der Waals surface area contributed by atoms with Crippen LogP contribution in [0.15, 0.2) is 74.6 Å². The lowest BCUT2D eigenvalue weighted by Crippen LogP contribution is -2.23. The van der Waals surface area contributed by atoms with Gasteiger partial charge in [0, 0.05) is 10.2 Å². The number of ether oxygens (including phenoxy) is 1. The first-order chi connectivity index (χ1) is 13.9. The van der Waals surface area contributed by atoms with Gasteiger partial charge in [-0.15, -0.1) is 0 Å². The van der Waals surface area contributed by atoms with Gasteiger partial charge < -0.3 is 14.5 Å². The highest BCUT2D eigenvalue weighted by molar-refractivity contribution is 9.10. The second kappa shape index (κ2) is 9.25. The molecule has 0 saturated carbocycles. The summed E-state index contributed by atoms with van der Waals surface area (Å²) in [7, 11) is -3.70. The number of furan rings is 1. The maximum atomic E-state index is 12.6. The fourth-order valence-electron chi connectivity index (χ4n) is 2.54. The standard InChI is InChI=1S/C20H19BrN2O5S/c1-2-27-19-10-5-14(21)12-18(19)20(24)23-15-6-8-17(9-7-15)29(25,26)22-13-16-4-3-11-28-16/h3-12,22H,2,13H2,1H3,(H,23,24). The number of hydrogen-bond donors (Lipinski definition) is 2. The Morgan fingerprint density at radius 3 is 2.55 bits per heavy atom. The molecule has 0 saturated heterocycles. The lowest BCUT2D eigenvalue weighted by molar-refractivity contribution is 0.102. The van der Waals surface area contributed by atoms with E-state index in [-0.39, 0.29) is 17.3 Å². The zero-order valence-electron chi connectivity index (χ0n) is 15.5. The zero-order chi connectivity index (χ0) is 20.9. The van der Waals surface area contributed by atoms with Gasteiger partial charge in [-0.25, -0.2) is 13.1 Å². The number of carbonyl (C=O) groups excluding carboxylic acids is 1. The maximum Gasteiger partial charge on any atom is 0.259 e. The Balaban J connectivity index is 1.70. The van der Waals surface area contributed by atoms with Crippen LogP contribution in [0.1, 0.15) is 23.0 Å². The summed E-state index contributed by atoms with van der Waals surface area (Å²) in [4.78, 5) is 12.7. The van der Waals surface area contributed by atoms with E-state index >= 15 is 0 Å². The van der Waals surface area contributed by atoms with Crippen LogP contribution in [0, 0.1) is 0 Å². The van der Waals surface area contributed by atoms with Gasteiger partial charge >= 0.3 is 0 Å². The van der Waals surface area contributed by atoms with Gasteiger partial charge in [0.2, 0.25) is 10.0 Å². The van der Waals surface area contributed by atoms with Crippen molar-refractivity contribution in [1.29, 1.82) is 0 Å². The normalized spacial score (nSPS) is 11.2. The summed E-state index contributed by atoms with van der Waals surface area (Å²) in [6.45, 7) is 2.32. The van der Waals surface area contributed by atoms with E-state index in [0.717, 1.165) is 4.47 Å². The lowest BCUT2D eigenvalue weighted by Gasteiger charge is -2.12. The molecular formula is C20H19BrN2O5S. The van der Waals surface area contributed by atoms with E-state index in [1.54, 1.807) is 30.3 Å². The molecule has 0 aliphatic rings. The van der Waals surface area contributed by atoms with Gasteiger partial charge in [-0.05, 0) is 61.5 Å². The highest BCUT2D eigenvalue weighted by Gasteiger charge is 2.16. The van der Waals surface area contributed by atoms with Gasteiger partial charge in [-0.2, -0.15) is 0 Å². The molecule has 0 aliphatic carbocycles. The molecule has 29 heavy (non-hydrogen) atoms. The summed E-state index contributed by atoms with van der Waals surface area (Å²) in [5.41, 5.74) is 0.834. The Labute approximate surface area is 177 Å². The quantitative estimate of drug-likeness (QED) is 0.506. The number of rotatable bonds is 8. The van der Waals surface area contributed by atoms with Crippen molar-refractivity contribution in [3.05, 3.63) is 76.7 Å². The van der Waals surface area contributed by atoms with Crippen molar-refractivity contribution in [3.63, 3.8) is 0 Å². The van der Waals surface area contributed by atoms with Crippen LogP contribution in [0.4, 0.5) is 5.69 Å². The molecule has 2 aromatic carbocycles. The Hall–Kier alpha value is -2.62. The molecule has 152 valence electrons. The first kappa shape index (κ1) is 21.1. The number of nitrogens with one attached hydrogen (secondary N) is 2. The molecule has 3 aromatic rings. The number of benzene rings is 2. The smallest absolute Gasteiger partial charge is 0.259 e. The molecule has 7 nitrogen and oxygen atoms in total. The van der Waals surface area contributed by atoms with E-state index < -0.39 is 10.0 Å². The summed E-state index contributed by atoms with van der Waals surface area (Å²) in [5, 5.41) is 2.75. The van der Waals surface area contributed by atoms with E-state index in [1.807, 2.05) is 6.92 Å². The first-order valence-corrected chi connectivity index (χ1v) is 11.0. The van der Waals surface area contributed by atoms with Crippen molar-refractivity contribution in [2.75, 3.05) is 11.9 Å². The Kier molecular flexibility index (Phi) is 6.73. The third-order valence-corrected chi connectivity index (χ3v) is 5.84. The molecule has 3 rings (SSSR count). The molecule has 0 atom stereocenters. The minimum absolute atomic E-state index is 0.0525. The monoisotopic (exact) mass is 478 g/mol. The predicted octanol–water partition coefficient (Wildman–Crippen LogP) is 4.17. The van der Waals surface area contributed by atoms with Gasteiger partial charge in [0.25, 0.3) is 5.91 Å². The molecule has 2 N–H and O–H groups in total. The highest BCUT2D eigenvalue weighted by Crippen LogP contribution is 2.25. The largest absolute Gasteiger partial charge is 0.493 e. The van der Waals surface area contributed by atoms with E-state index in [4.69, 9.17) is 9.15 Å². The van der Waals surface area contributed by atoms with E-state index in [2.05, 4.69) is 26.0 Å². The number of hydrogen-bond acceptors (Lipinski definition) is 5.